The van der Waals surface area contributed by atoms with E-state index in [0.717, 1.165) is 16.1 Å². The van der Waals surface area contributed by atoms with Crippen LogP contribution in [0.4, 0.5) is 5.69 Å². The zero-order valence-corrected chi connectivity index (χ0v) is 15.0. The molecule has 1 aromatic heterocycles. The van der Waals surface area contributed by atoms with Crippen LogP contribution in [0.25, 0.3) is 11.4 Å². The Morgan fingerprint density at radius 2 is 1.92 bits per heavy atom. The number of benzene rings is 2. The Bertz CT molecular complexity index is 859. The van der Waals surface area contributed by atoms with Gasteiger partial charge in [0.25, 0.3) is 0 Å². The summed E-state index contributed by atoms with van der Waals surface area (Å²) < 4.78 is 5.25. The van der Waals surface area contributed by atoms with Gasteiger partial charge in [-0.05, 0) is 25.3 Å². The average molecular weight is 353 g/mol. The maximum atomic E-state index is 12.2. The molecule has 0 radical (unpaired) electrons. The number of para-hydroxylation sites is 1. The van der Waals surface area contributed by atoms with Gasteiger partial charge in [0, 0.05) is 23.3 Å². The summed E-state index contributed by atoms with van der Waals surface area (Å²) in [5.41, 5.74) is 2.90. The van der Waals surface area contributed by atoms with Gasteiger partial charge in [0.2, 0.25) is 17.6 Å². The average Bonchev–Trinajstić information content (AvgIpc) is 3.10. The molecule has 0 bridgehead atoms. The highest BCUT2D eigenvalue weighted by molar-refractivity contribution is 7.98. The van der Waals surface area contributed by atoms with E-state index >= 15 is 0 Å². The molecule has 128 valence electrons. The smallest absolute Gasteiger partial charge is 0.227 e. The Morgan fingerprint density at radius 1 is 1.16 bits per heavy atom. The molecule has 0 aliphatic carbocycles. The maximum absolute atomic E-state index is 12.2. The van der Waals surface area contributed by atoms with Crippen molar-refractivity contribution >= 4 is 23.4 Å². The van der Waals surface area contributed by atoms with Crippen molar-refractivity contribution in [2.45, 2.75) is 24.7 Å². The lowest BCUT2D eigenvalue weighted by atomic mass is 10.1. The maximum Gasteiger partial charge on any atom is 0.227 e. The third kappa shape index (κ3) is 4.48. The van der Waals surface area contributed by atoms with Crippen LogP contribution >= 0.6 is 11.8 Å². The third-order valence-corrected chi connectivity index (χ3v) is 4.52. The summed E-state index contributed by atoms with van der Waals surface area (Å²) in [4.78, 5) is 17.6. The van der Waals surface area contributed by atoms with Gasteiger partial charge in [-0.2, -0.15) is 4.98 Å². The minimum Gasteiger partial charge on any atom is -0.339 e. The summed E-state index contributed by atoms with van der Waals surface area (Å²) >= 11 is 1.60. The van der Waals surface area contributed by atoms with E-state index in [1.54, 1.807) is 11.8 Å². The summed E-state index contributed by atoms with van der Waals surface area (Å²) in [6.45, 7) is 2.03. The van der Waals surface area contributed by atoms with E-state index in [9.17, 15) is 4.79 Å². The first-order valence-electron chi connectivity index (χ1n) is 7.98. The molecule has 3 rings (SSSR count). The second kappa shape index (κ2) is 7.98. The van der Waals surface area contributed by atoms with Crippen molar-refractivity contribution in [1.82, 2.24) is 10.1 Å². The number of anilines is 1. The van der Waals surface area contributed by atoms with Crippen LogP contribution in [0.5, 0.6) is 0 Å². The molecule has 25 heavy (non-hydrogen) atoms. The largest absolute Gasteiger partial charge is 0.339 e. The van der Waals surface area contributed by atoms with Gasteiger partial charge in [0.15, 0.2) is 0 Å². The molecule has 0 saturated carbocycles. The van der Waals surface area contributed by atoms with Gasteiger partial charge in [-0.15, -0.1) is 11.8 Å². The van der Waals surface area contributed by atoms with Crippen LogP contribution in [0.3, 0.4) is 0 Å². The Balaban J connectivity index is 1.58. The first kappa shape index (κ1) is 17.2. The van der Waals surface area contributed by atoms with E-state index in [-0.39, 0.29) is 12.3 Å². The third-order valence-electron chi connectivity index (χ3n) is 3.72. The number of amides is 1. The summed E-state index contributed by atoms with van der Waals surface area (Å²) in [5.74, 6) is 0.934. The summed E-state index contributed by atoms with van der Waals surface area (Å²) in [6.07, 6.45) is 2.68. The molecule has 0 fully saturated rings. The fourth-order valence-corrected chi connectivity index (χ4v) is 2.91. The number of hydrogen-bond acceptors (Lipinski definition) is 5. The zero-order chi connectivity index (χ0) is 17.6. The molecule has 0 unspecified atom stereocenters. The van der Waals surface area contributed by atoms with Crippen molar-refractivity contribution in [3.05, 3.63) is 60.0 Å². The van der Waals surface area contributed by atoms with Crippen molar-refractivity contribution in [2.24, 2.45) is 0 Å². The van der Waals surface area contributed by atoms with Gasteiger partial charge in [0.1, 0.15) is 0 Å². The standard InChI is InChI=1S/C19H19N3O2S/c1-13-7-9-14(10-8-13)19-21-18(24-22-19)12-11-17(23)20-15-5-3-4-6-16(15)25-2/h3-10H,11-12H2,1-2H3,(H,20,23). The molecule has 2 aromatic carbocycles. The molecule has 1 amide bonds. The van der Waals surface area contributed by atoms with Gasteiger partial charge in [-0.1, -0.05) is 47.1 Å². The zero-order valence-electron chi connectivity index (χ0n) is 14.2. The summed E-state index contributed by atoms with van der Waals surface area (Å²) in [5, 5.41) is 6.91. The number of thioether (sulfide) groups is 1. The van der Waals surface area contributed by atoms with Crippen molar-refractivity contribution < 1.29 is 9.32 Å². The van der Waals surface area contributed by atoms with E-state index in [1.807, 2.05) is 61.7 Å². The summed E-state index contributed by atoms with van der Waals surface area (Å²) in [7, 11) is 0. The molecule has 1 N–H and O–H groups in total. The van der Waals surface area contributed by atoms with Crippen LogP contribution in [0.2, 0.25) is 0 Å². The van der Waals surface area contributed by atoms with E-state index in [1.165, 1.54) is 5.56 Å². The van der Waals surface area contributed by atoms with Crippen LogP contribution < -0.4 is 5.32 Å². The van der Waals surface area contributed by atoms with Gasteiger partial charge < -0.3 is 9.84 Å². The number of carbonyl (C=O) groups excluding carboxylic acids is 1. The van der Waals surface area contributed by atoms with Gasteiger partial charge in [-0.3, -0.25) is 4.79 Å². The van der Waals surface area contributed by atoms with Crippen molar-refractivity contribution in [3.8, 4) is 11.4 Å². The molecule has 0 saturated heterocycles. The normalized spacial score (nSPS) is 10.6. The van der Waals surface area contributed by atoms with Crippen LogP contribution in [0, 0.1) is 6.92 Å². The number of rotatable bonds is 6. The number of aromatic nitrogens is 2. The van der Waals surface area contributed by atoms with Gasteiger partial charge in [-0.25, -0.2) is 0 Å². The highest BCUT2D eigenvalue weighted by atomic mass is 32.2. The summed E-state index contributed by atoms with van der Waals surface area (Å²) in [6, 6.07) is 15.6. The Labute approximate surface area is 150 Å². The lowest BCUT2D eigenvalue weighted by Crippen LogP contribution is -2.13. The molecular formula is C19H19N3O2S. The fourth-order valence-electron chi connectivity index (χ4n) is 2.36. The van der Waals surface area contributed by atoms with Crippen LogP contribution in [0.1, 0.15) is 17.9 Å². The predicted molar refractivity (Wildman–Crippen MR) is 99.6 cm³/mol. The monoisotopic (exact) mass is 353 g/mol. The lowest BCUT2D eigenvalue weighted by molar-refractivity contribution is -0.116. The molecule has 6 heteroatoms. The van der Waals surface area contributed by atoms with Gasteiger partial charge in [0.05, 0.1) is 5.69 Å². The lowest BCUT2D eigenvalue weighted by Gasteiger charge is -2.08. The van der Waals surface area contributed by atoms with Gasteiger partial charge >= 0.3 is 0 Å². The first-order valence-corrected chi connectivity index (χ1v) is 9.20. The SMILES string of the molecule is CSc1ccccc1NC(=O)CCc1nc(-c2ccc(C)cc2)no1. The van der Waals surface area contributed by atoms with Crippen molar-refractivity contribution in [1.29, 1.82) is 0 Å². The molecule has 5 nitrogen and oxygen atoms in total. The van der Waals surface area contributed by atoms with Crippen LogP contribution in [-0.4, -0.2) is 22.3 Å². The Morgan fingerprint density at radius 3 is 2.68 bits per heavy atom. The van der Waals surface area contributed by atoms with E-state index < -0.39 is 0 Å². The number of nitrogens with zero attached hydrogens (tertiary/aromatic N) is 2. The van der Waals surface area contributed by atoms with Crippen molar-refractivity contribution in [2.75, 3.05) is 11.6 Å². The molecule has 0 spiro atoms. The van der Waals surface area contributed by atoms with E-state index in [0.29, 0.717) is 18.1 Å². The minimum absolute atomic E-state index is 0.0726. The number of hydrogen-bond donors (Lipinski definition) is 1. The number of carbonyl (C=O) groups is 1. The Kier molecular flexibility index (Phi) is 5.50. The minimum atomic E-state index is -0.0726. The number of aryl methyl sites for hydroxylation is 2. The van der Waals surface area contributed by atoms with Crippen LogP contribution in [-0.2, 0) is 11.2 Å². The second-order valence-electron chi connectivity index (χ2n) is 5.63. The molecule has 3 aromatic rings. The Hall–Kier alpha value is -2.60. The first-order chi connectivity index (χ1) is 12.2. The van der Waals surface area contributed by atoms with E-state index in [2.05, 4.69) is 15.5 Å². The quantitative estimate of drug-likeness (QED) is 0.668. The number of nitrogens with one attached hydrogen (secondary N) is 1. The molecular weight excluding hydrogens is 334 g/mol. The highest BCUT2D eigenvalue weighted by Gasteiger charge is 2.11. The highest BCUT2D eigenvalue weighted by Crippen LogP contribution is 2.24. The molecule has 0 aliphatic heterocycles. The molecule has 1 heterocycles. The van der Waals surface area contributed by atoms with Crippen LogP contribution in [0.15, 0.2) is 57.9 Å². The predicted octanol–water partition coefficient (Wildman–Crippen LogP) is 4.34. The molecule has 0 aliphatic rings. The van der Waals surface area contributed by atoms with E-state index in [4.69, 9.17) is 4.52 Å². The molecule has 0 atom stereocenters. The van der Waals surface area contributed by atoms with Crippen molar-refractivity contribution in [3.63, 3.8) is 0 Å². The topological polar surface area (TPSA) is 68.0 Å². The fraction of sp³-hybridized carbons (Fsp3) is 0.211. The second-order valence-corrected chi connectivity index (χ2v) is 6.47.